The molecule has 1 amide bonds. The summed E-state index contributed by atoms with van der Waals surface area (Å²) in [6.07, 6.45) is 0. The lowest BCUT2D eigenvalue weighted by molar-refractivity contribution is -0.117. The summed E-state index contributed by atoms with van der Waals surface area (Å²) >= 11 is 1.25. The third-order valence-corrected chi connectivity index (χ3v) is 6.22. The fraction of sp³-hybridized carbons (Fsp3) is 0.200. The van der Waals surface area contributed by atoms with E-state index >= 15 is 0 Å². The van der Waals surface area contributed by atoms with Gasteiger partial charge in [0.05, 0.1) is 37.3 Å². The zero-order valence-electron chi connectivity index (χ0n) is 18.4. The third-order valence-electron chi connectivity index (χ3n) is 5.35. The van der Waals surface area contributed by atoms with Gasteiger partial charge < -0.3 is 19.3 Å². The van der Waals surface area contributed by atoms with Crippen molar-refractivity contribution in [2.45, 2.75) is 13.0 Å². The summed E-state index contributed by atoms with van der Waals surface area (Å²) in [5.74, 6) is -0.00597. The Balaban J connectivity index is 1.86. The molecule has 4 rings (SSSR count). The molecule has 0 bridgehead atoms. The Hall–Kier alpha value is -3.78. The Bertz CT molecular complexity index is 1200. The molecule has 0 saturated carbocycles. The number of thiophene rings is 1. The molecule has 170 valence electrons. The minimum absolute atomic E-state index is 0.0172. The Kier molecular flexibility index (Phi) is 6.37. The first-order valence-corrected chi connectivity index (χ1v) is 11.2. The topological polar surface area (TPSA) is 85.3 Å². The fourth-order valence-corrected chi connectivity index (χ4v) is 4.53. The van der Waals surface area contributed by atoms with Crippen molar-refractivity contribution in [2.24, 2.45) is 0 Å². The molecule has 0 radical (unpaired) electrons. The molecule has 8 heteroatoms. The Morgan fingerprint density at radius 1 is 1.06 bits per heavy atom. The van der Waals surface area contributed by atoms with E-state index < -0.39 is 23.5 Å². The highest BCUT2D eigenvalue weighted by Crippen LogP contribution is 2.44. The lowest BCUT2D eigenvalue weighted by Crippen LogP contribution is -2.31. The highest BCUT2D eigenvalue weighted by Gasteiger charge is 2.45. The van der Waals surface area contributed by atoms with Crippen LogP contribution in [0.2, 0.25) is 0 Å². The number of Topliss-reactive ketones (excluding diaryl/α,β-unsaturated/α-hetero) is 1. The normalized spacial score (nSPS) is 15.7. The molecule has 0 saturated heterocycles. The van der Waals surface area contributed by atoms with Crippen molar-refractivity contribution in [2.75, 3.05) is 25.7 Å². The number of hydrogen-bond acceptors (Lipinski definition) is 7. The Morgan fingerprint density at radius 3 is 2.39 bits per heavy atom. The van der Waals surface area contributed by atoms with Crippen LogP contribution < -0.4 is 19.1 Å². The van der Waals surface area contributed by atoms with E-state index in [4.69, 9.17) is 14.2 Å². The number of rotatable bonds is 8. The number of benzene rings is 2. The molecule has 1 unspecified atom stereocenters. The molecule has 0 fully saturated rings. The summed E-state index contributed by atoms with van der Waals surface area (Å²) in [5.41, 5.74) is 1.13. The van der Waals surface area contributed by atoms with Gasteiger partial charge in [0.1, 0.15) is 5.75 Å². The van der Waals surface area contributed by atoms with E-state index in [-0.39, 0.29) is 5.57 Å². The van der Waals surface area contributed by atoms with Crippen LogP contribution in [0.4, 0.5) is 5.69 Å². The zero-order valence-corrected chi connectivity index (χ0v) is 19.2. The van der Waals surface area contributed by atoms with Gasteiger partial charge in [-0.15, -0.1) is 11.3 Å². The predicted molar refractivity (Wildman–Crippen MR) is 126 cm³/mol. The molecule has 1 aliphatic heterocycles. The van der Waals surface area contributed by atoms with Crippen molar-refractivity contribution in [3.63, 3.8) is 0 Å². The maximum atomic E-state index is 13.4. The molecule has 3 aromatic rings. The Labute approximate surface area is 195 Å². The molecular weight excluding hydrogens is 442 g/mol. The molecule has 7 nitrogen and oxygen atoms in total. The van der Waals surface area contributed by atoms with Crippen LogP contribution in [-0.4, -0.2) is 37.6 Å². The van der Waals surface area contributed by atoms with Crippen LogP contribution in [0.15, 0.2) is 71.3 Å². The monoisotopic (exact) mass is 465 g/mol. The van der Waals surface area contributed by atoms with Crippen LogP contribution >= 0.6 is 11.3 Å². The maximum absolute atomic E-state index is 13.4. The number of methoxy groups -OCH3 is 2. The minimum Gasteiger partial charge on any atom is -0.503 e. The number of aliphatic hydroxyl groups is 1. The predicted octanol–water partition coefficient (Wildman–Crippen LogP) is 4.95. The van der Waals surface area contributed by atoms with E-state index in [2.05, 4.69) is 0 Å². The van der Waals surface area contributed by atoms with Crippen molar-refractivity contribution >= 4 is 28.7 Å². The highest BCUT2D eigenvalue weighted by molar-refractivity contribution is 7.12. The second-order valence-corrected chi connectivity index (χ2v) is 8.14. The molecule has 1 atom stereocenters. The fourth-order valence-electron chi connectivity index (χ4n) is 3.85. The smallest absolute Gasteiger partial charge is 0.294 e. The van der Waals surface area contributed by atoms with Gasteiger partial charge in [-0.05, 0) is 60.3 Å². The van der Waals surface area contributed by atoms with E-state index in [9.17, 15) is 14.7 Å². The SMILES string of the molecule is CCOc1ccc(N2C(=O)C(O)=C(C(=O)c3cccs3)C2c2ccc(OC)c(OC)c2)cc1. The van der Waals surface area contributed by atoms with Crippen LogP contribution in [0.25, 0.3) is 0 Å². The molecule has 2 heterocycles. The van der Waals surface area contributed by atoms with Crippen LogP contribution in [0.3, 0.4) is 0 Å². The molecule has 1 aromatic heterocycles. The van der Waals surface area contributed by atoms with Crippen LogP contribution in [-0.2, 0) is 4.79 Å². The molecule has 0 spiro atoms. The number of amides is 1. The summed E-state index contributed by atoms with van der Waals surface area (Å²) in [6, 6.07) is 14.7. The van der Waals surface area contributed by atoms with Gasteiger partial charge in [0.2, 0.25) is 5.78 Å². The van der Waals surface area contributed by atoms with Crippen molar-refractivity contribution in [3.8, 4) is 17.2 Å². The quantitative estimate of drug-likeness (QED) is 0.474. The average molecular weight is 466 g/mol. The van der Waals surface area contributed by atoms with Gasteiger partial charge in [0.15, 0.2) is 17.3 Å². The number of ketones is 1. The van der Waals surface area contributed by atoms with Gasteiger partial charge in [-0.2, -0.15) is 0 Å². The van der Waals surface area contributed by atoms with Gasteiger partial charge >= 0.3 is 0 Å². The number of carbonyl (C=O) groups is 2. The first kappa shape index (κ1) is 22.4. The van der Waals surface area contributed by atoms with E-state index in [1.165, 1.54) is 30.5 Å². The molecule has 2 aromatic carbocycles. The summed E-state index contributed by atoms with van der Waals surface area (Å²) in [5, 5.41) is 12.6. The van der Waals surface area contributed by atoms with E-state index in [1.54, 1.807) is 60.0 Å². The van der Waals surface area contributed by atoms with Gasteiger partial charge in [-0.25, -0.2) is 0 Å². The van der Waals surface area contributed by atoms with E-state index in [0.717, 1.165) is 0 Å². The lowest BCUT2D eigenvalue weighted by Gasteiger charge is -2.27. The number of ether oxygens (including phenoxy) is 3. The number of carbonyl (C=O) groups excluding carboxylic acids is 2. The van der Waals surface area contributed by atoms with Gasteiger partial charge in [-0.3, -0.25) is 14.5 Å². The number of aliphatic hydroxyl groups excluding tert-OH is 1. The largest absolute Gasteiger partial charge is 0.503 e. The van der Waals surface area contributed by atoms with Crippen molar-refractivity contribution in [1.29, 1.82) is 0 Å². The average Bonchev–Trinajstić information content (AvgIpc) is 3.46. The molecule has 0 aliphatic carbocycles. The van der Waals surface area contributed by atoms with Crippen molar-refractivity contribution in [3.05, 3.63) is 81.8 Å². The third kappa shape index (κ3) is 4.05. The first-order valence-electron chi connectivity index (χ1n) is 10.3. The molecule has 1 N–H and O–H groups in total. The second-order valence-electron chi connectivity index (χ2n) is 7.19. The van der Waals surface area contributed by atoms with Gasteiger partial charge in [0, 0.05) is 5.69 Å². The molecular formula is C25H23NO6S. The second kappa shape index (κ2) is 9.38. The lowest BCUT2D eigenvalue weighted by atomic mass is 9.94. The Morgan fingerprint density at radius 2 is 1.79 bits per heavy atom. The summed E-state index contributed by atoms with van der Waals surface area (Å²) in [6.45, 7) is 2.40. The molecule has 1 aliphatic rings. The zero-order chi connectivity index (χ0) is 23.5. The van der Waals surface area contributed by atoms with Crippen LogP contribution in [0.1, 0.15) is 28.2 Å². The number of nitrogens with zero attached hydrogens (tertiary/aromatic N) is 1. The number of anilines is 1. The van der Waals surface area contributed by atoms with Gasteiger partial charge in [0.25, 0.3) is 5.91 Å². The van der Waals surface area contributed by atoms with Crippen LogP contribution in [0, 0.1) is 0 Å². The van der Waals surface area contributed by atoms with Crippen LogP contribution in [0.5, 0.6) is 17.2 Å². The van der Waals surface area contributed by atoms with Crippen molar-refractivity contribution in [1.82, 2.24) is 0 Å². The maximum Gasteiger partial charge on any atom is 0.294 e. The summed E-state index contributed by atoms with van der Waals surface area (Å²) in [7, 11) is 3.04. The van der Waals surface area contributed by atoms with E-state index in [0.29, 0.717) is 40.0 Å². The minimum atomic E-state index is -0.857. The standard InChI is InChI=1S/C25H23NO6S/c1-4-32-17-10-8-16(9-11-17)26-22(15-7-12-18(30-2)19(14-15)31-3)21(24(28)25(26)29)23(27)20-6-5-13-33-20/h5-14,22,28H,4H2,1-3H3. The highest BCUT2D eigenvalue weighted by atomic mass is 32.1. The van der Waals surface area contributed by atoms with Crippen molar-refractivity contribution < 1.29 is 28.9 Å². The molecule has 33 heavy (non-hydrogen) atoms. The number of hydrogen-bond donors (Lipinski definition) is 1. The first-order chi connectivity index (χ1) is 16.0. The summed E-state index contributed by atoms with van der Waals surface area (Å²) < 4.78 is 16.3. The van der Waals surface area contributed by atoms with E-state index in [1.807, 2.05) is 6.92 Å². The van der Waals surface area contributed by atoms with Gasteiger partial charge in [-0.1, -0.05) is 12.1 Å². The summed E-state index contributed by atoms with van der Waals surface area (Å²) in [4.78, 5) is 28.5.